The van der Waals surface area contributed by atoms with Gasteiger partial charge in [-0.2, -0.15) is 0 Å². The normalized spacial score (nSPS) is 91.2. The lowest BCUT2D eigenvalue weighted by atomic mass is 9.11. The fraction of sp³-hybridized carbons (Fsp3) is 1.00. The minimum Gasteiger partial charge on any atom is -0.0499 e. The van der Waals surface area contributed by atoms with Crippen LogP contribution in [0.4, 0.5) is 0 Å². The lowest BCUT2D eigenvalue weighted by Gasteiger charge is -2.93. The Morgan fingerprint density at radius 3 is 1.65 bits per heavy atom. The van der Waals surface area contributed by atoms with Crippen molar-refractivity contribution < 1.29 is 0 Å². The molecule has 16 atom stereocenters. The molecule has 0 aromatic rings. The number of hydrogen-bond donors (Lipinski definition) is 0. The van der Waals surface area contributed by atoms with Crippen molar-refractivity contribution in [2.45, 2.75) is 25.7 Å². The molecule has 0 bridgehead atoms. The first-order valence-electron chi connectivity index (χ1n) is 9.95. The van der Waals surface area contributed by atoms with E-state index in [1.54, 1.807) is 25.7 Å². The van der Waals surface area contributed by atoms with Gasteiger partial charge >= 0.3 is 0 Å². The molecule has 0 nitrogen and oxygen atoms in total. The minimum atomic E-state index is 1.22. The van der Waals surface area contributed by atoms with Gasteiger partial charge in [-0.3, -0.25) is 0 Å². The van der Waals surface area contributed by atoms with Gasteiger partial charge in [0.1, 0.15) is 0 Å². The SMILES string of the molecule is C1CC2C3C1CC1CC4C1C1C4C4C1C1C5C3C2C5C41. The Morgan fingerprint density at radius 1 is 0.350 bits per heavy atom. The fourth-order valence-electron chi connectivity index (χ4n) is 11.9. The Labute approximate surface area is 121 Å². The highest BCUT2D eigenvalue weighted by Crippen LogP contribution is 2.93. The van der Waals surface area contributed by atoms with Crippen LogP contribution in [-0.4, -0.2) is 0 Å². The van der Waals surface area contributed by atoms with Crippen LogP contribution in [0.25, 0.3) is 0 Å². The first-order chi connectivity index (χ1) is 9.95. The largest absolute Gasteiger partial charge is 0.0499 e. The lowest BCUT2D eigenvalue weighted by Crippen LogP contribution is -2.90. The summed E-state index contributed by atoms with van der Waals surface area (Å²) in [7, 11) is 0. The molecule has 0 heteroatoms. The zero-order valence-corrected chi connectivity index (χ0v) is 12.1. The van der Waals surface area contributed by atoms with Gasteiger partial charge in [-0.05, 0) is 120 Å². The van der Waals surface area contributed by atoms with Crippen LogP contribution in [0.3, 0.4) is 0 Å². The van der Waals surface area contributed by atoms with Crippen molar-refractivity contribution >= 4 is 0 Å². The molecule has 9 aliphatic rings. The molecular weight excluding hydrogens is 240 g/mol. The van der Waals surface area contributed by atoms with Crippen LogP contribution in [0.2, 0.25) is 0 Å². The Balaban J connectivity index is 1.26. The molecule has 0 spiro atoms. The van der Waals surface area contributed by atoms with Gasteiger partial charge in [0.2, 0.25) is 0 Å². The van der Waals surface area contributed by atoms with Crippen molar-refractivity contribution in [2.75, 3.05) is 0 Å². The van der Waals surface area contributed by atoms with Crippen molar-refractivity contribution in [3.63, 3.8) is 0 Å². The van der Waals surface area contributed by atoms with Crippen molar-refractivity contribution in [3.8, 4) is 0 Å². The number of rotatable bonds is 0. The van der Waals surface area contributed by atoms with E-state index in [1.807, 2.05) is 0 Å². The van der Waals surface area contributed by atoms with E-state index in [0.717, 1.165) is 0 Å². The molecule has 9 saturated carbocycles. The average molecular weight is 264 g/mol. The van der Waals surface area contributed by atoms with E-state index >= 15 is 0 Å². The second-order valence-electron chi connectivity index (χ2n) is 10.8. The van der Waals surface area contributed by atoms with Crippen LogP contribution in [-0.2, 0) is 0 Å². The Morgan fingerprint density at radius 2 is 0.900 bits per heavy atom. The maximum absolute atomic E-state index is 1.71. The van der Waals surface area contributed by atoms with Gasteiger partial charge in [-0.1, -0.05) is 0 Å². The summed E-state index contributed by atoms with van der Waals surface area (Å²) in [5, 5.41) is 0. The van der Waals surface area contributed by atoms with Gasteiger partial charge in [-0.15, -0.1) is 0 Å². The lowest BCUT2D eigenvalue weighted by molar-refractivity contribution is -0.468. The van der Waals surface area contributed by atoms with Gasteiger partial charge < -0.3 is 0 Å². The van der Waals surface area contributed by atoms with E-state index in [4.69, 9.17) is 0 Å². The van der Waals surface area contributed by atoms with Crippen LogP contribution < -0.4 is 0 Å². The highest BCUT2D eigenvalue weighted by molar-refractivity contribution is 5.36. The van der Waals surface area contributed by atoms with Crippen molar-refractivity contribution in [1.82, 2.24) is 0 Å². The van der Waals surface area contributed by atoms with Gasteiger partial charge in [0.25, 0.3) is 0 Å². The summed E-state index contributed by atoms with van der Waals surface area (Å²) in [5.41, 5.74) is 0. The summed E-state index contributed by atoms with van der Waals surface area (Å²) in [6, 6.07) is 0. The topological polar surface area (TPSA) is 0 Å². The summed E-state index contributed by atoms with van der Waals surface area (Å²) in [6.45, 7) is 0. The van der Waals surface area contributed by atoms with E-state index in [2.05, 4.69) is 0 Å². The monoisotopic (exact) mass is 264 g/mol. The summed E-state index contributed by atoms with van der Waals surface area (Å²) < 4.78 is 0. The summed E-state index contributed by atoms with van der Waals surface area (Å²) in [5.74, 6) is 20.6. The molecule has 9 rings (SSSR count). The molecule has 104 valence electrons. The number of fused-ring (bicyclic) bond motifs is 6. The molecule has 0 saturated heterocycles. The maximum Gasteiger partial charge on any atom is -0.0312 e. The third-order valence-corrected chi connectivity index (χ3v) is 11.8. The maximum atomic E-state index is 1.71. The summed E-state index contributed by atoms with van der Waals surface area (Å²) >= 11 is 0. The molecule has 9 aliphatic carbocycles. The van der Waals surface area contributed by atoms with Crippen LogP contribution in [0, 0.1) is 94.7 Å². The molecule has 16 unspecified atom stereocenters. The first kappa shape index (κ1) is 9.21. The molecule has 0 radical (unpaired) electrons. The average Bonchev–Trinajstić information content (AvgIpc) is 2.70. The van der Waals surface area contributed by atoms with Crippen molar-refractivity contribution in [2.24, 2.45) is 94.7 Å². The molecule has 0 aromatic heterocycles. The Bertz CT molecular complexity index is 585. The second-order valence-corrected chi connectivity index (χ2v) is 10.8. The second kappa shape index (κ2) is 2.28. The van der Waals surface area contributed by atoms with Crippen molar-refractivity contribution in [1.29, 1.82) is 0 Å². The van der Waals surface area contributed by atoms with Crippen LogP contribution >= 0.6 is 0 Å². The quantitative estimate of drug-likeness (QED) is 0.628. The standard InChI is InChI=1S/C20H24/c1-2-7-9-5(1)3-6-4-8-10(6)14-12(8)16-18(14)20-17-13(9)11(7)15(17)19(16)20/h5-20H,1-4H2. The van der Waals surface area contributed by atoms with E-state index in [1.165, 1.54) is 94.7 Å². The zero-order chi connectivity index (χ0) is 12.1. The summed E-state index contributed by atoms with van der Waals surface area (Å²) in [6.07, 6.45) is 6.73. The summed E-state index contributed by atoms with van der Waals surface area (Å²) in [4.78, 5) is 0. The van der Waals surface area contributed by atoms with E-state index in [-0.39, 0.29) is 0 Å². The van der Waals surface area contributed by atoms with Crippen LogP contribution in [0.15, 0.2) is 0 Å². The minimum absolute atomic E-state index is 1.22. The molecule has 0 amide bonds. The van der Waals surface area contributed by atoms with Crippen LogP contribution in [0.5, 0.6) is 0 Å². The third-order valence-electron chi connectivity index (χ3n) is 11.8. The van der Waals surface area contributed by atoms with E-state index < -0.39 is 0 Å². The smallest absolute Gasteiger partial charge is 0.0312 e. The van der Waals surface area contributed by atoms with Gasteiger partial charge in [0, 0.05) is 0 Å². The van der Waals surface area contributed by atoms with Gasteiger partial charge in [0.05, 0.1) is 0 Å². The highest BCUT2D eigenvalue weighted by atomic mass is 14.9. The molecule has 20 heavy (non-hydrogen) atoms. The molecule has 0 aliphatic heterocycles. The molecule has 0 heterocycles. The Hall–Kier alpha value is 0. The van der Waals surface area contributed by atoms with Crippen molar-refractivity contribution in [3.05, 3.63) is 0 Å². The Kier molecular flexibility index (Phi) is 1.05. The predicted octanol–water partition coefficient (Wildman–Crippen LogP) is 3.53. The fourth-order valence-corrected chi connectivity index (χ4v) is 11.9. The highest BCUT2D eigenvalue weighted by Gasteiger charge is 2.89. The van der Waals surface area contributed by atoms with Gasteiger partial charge in [-0.25, -0.2) is 0 Å². The third kappa shape index (κ3) is 0.553. The van der Waals surface area contributed by atoms with Crippen LogP contribution in [0.1, 0.15) is 25.7 Å². The van der Waals surface area contributed by atoms with E-state index in [0.29, 0.717) is 0 Å². The predicted molar refractivity (Wildman–Crippen MR) is 74.3 cm³/mol. The molecule has 0 aromatic carbocycles. The van der Waals surface area contributed by atoms with Gasteiger partial charge in [0.15, 0.2) is 0 Å². The van der Waals surface area contributed by atoms with E-state index in [9.17, 15) is 0 Å². The zero-order valence-electron chi connectivity index (χ0n) is 12.1. The number of hydrogen-bond acceptors (Lipinski definition) is 0. The molecular formula is C20H24. The molecule has 0 N–H and O–H groups in total. The first-order valence-corrected chi connectivity index (χ1v) is 9.95. The molecule has 9 fully saturated rings.